The van der Waals surface area contributed by atoms with E-state index in [4.69, 9.17) is 5.11 Å². The zero-order valence-electron chi connectivity index (χ0n) is 6.29. The molecule has 0 radical (unpaired) electrons. The van der Waals surface area contributed by atoms with Crippen molar-refractivity contribution in [2.24, 2.45) is 0 Å². The highest BCUT2D eigenvalue weighted by Crippen LogP contribution is 2.14. The minimum Gasteiger partial charge on any atom is -0.396 e. The number of aliphatic hydroxyl groups excluding tert-OH is 1. The molecule has 0 aliphatic rings. The Morgan fingerprint density at radius 2 is 2.45 bits per heavy atom. The van der Waals surface area contributed by atoms with Crippen molar-refractivity contribution < 1.29 is 9.50 Å². The first-order chi connectivity index (χ1) is 5.25. The second-order valence-corrected chi connectivity index (χ2v) is 2.45. The number of aliphatic hydroxyl groups is 1. The SMILES string of the molecule is C[C@H](CO)c1ncccc1F. The van der Waals surface area contributed by atoms with Gasteiger partial charge >= 0.3 is 0 Å². The van der Waals surface area contributed by atoms with E-state index in [2.05, 4.69) is 4.98 Å². The second-order valence-electron chi connectivity index (χ2n) is 2.45. The van der Waals surface area contributed by atoms with Gasteiger partial charge in [0, 0.05) is 12.1 Å². The standard InChI is InChI=1S/C8H10FNO/c1-6(5-11)8-7(9)3-2-4-10-8/h2-4,6,11H,5H2,1H3/t6-/m1/s1. The second kappa shape index (κ2) is 3.44. The van der Waals surface area contributed by atoms with Crippen molar-refractivity contribution >= 4 is 0 Å². The molecule has 0 saturated carbocycles. The van der Waals surface area contributed by atoms with Gasteiger partial charge in [-0.25, -0.2) is 4.39 Å². The first-order valence-electron chi connectivity index (χ1n) is 3.47. The Bertz CT molecular complexity index is 239. The summed E-state index contributed by atoms with van der Waals surface area (Å²) in [5.41, 5.74) is 0.329. The van der Waals surface area contributed by atoms with Crippen molar-refractivity contribution in [3.8, 4) is 0 Å². The van der Waals surface area contributed by atoms with E-state index < -0.39 is 0 Å². The molecule has 0 amide bonds. The number of pyridine rings is 1. The molecular formula is C8H10FNO. The van der Waals surface area contributed by atoms with Crippen LogP contribution in [0.1, 0.15) is 18.5 Å². The first kappa shape index (κ1) is 8.14. The van der Waals surface area contributed by atoms with E-state index in [1.807, 2.05) is 0 Å². The van der Waals surface area contributed by atoms with E-state index in [0.29, 0.717) is 5.69 Å². The van der Waals surface area contributed by atoms with Crippen molar-refractivity contribution in [3.63, 3.8) is 0 Å². The fourth-order valence-electron chi connectivity index (χ4n) is 0.847. The first-order valence-corrected chi connectivity index (χ1v) is 3.47. The van der Waals surface area contributed by atoms with Crippen LogP contribution in [0.4, 0.5) is 4.39 Å². The molecule has 1 aromatic heterocycles. The molecule has 0 fully saturated rings. The summed E-state index contributed by atoms with van der Waals surface area (Å²) in [5.74, 6) is -0.578. The highest BCUT2D eigenvalue weighted by Gasteiger charge is 2.09. The monoisotopic (exact) mass is 155 g/mol. The van der Waals surface area contributed by atoms with Gasteiger partial charge in [-0.05, 0) is 12.1 Å². The summed E-state index contributed by atoms with van der Waals surface area (Å²) in [6, 6.07) is 2.87. The number of hydrogen-bond acceptors (Lipinski definition) is 2. The topological polar surface area (TPSA) is 33.1 Å². The predicted octanol–water partition coefficient (Wildman–Crippen LogP) is 1.32. The summed E-state index contributed by atoms with van der Waals surface area (Å²) in [7, 11) is 0. The Morgan fingerprint density at radius 3 is 3.00 bits per heavy atom. The van der Waals surface area contributed by atoms with E-state index in [1.165, 1.54) is 18.3 Å². The van der Waals surface area contributed by atoms with Crippen molar-refractivity contribution in [2.75, 3.05) is 6.61 Å². The fourth-order valence-corrected chi connectivity index (χ4v) is 0.847. The van der Waals surface area contributed by atoms with E-state index in [9.17, 15) is 4.39 Å². The number of aromatic nitrogens is 1. The lowest BCUT2D eigenvalue weighted by Gasteiger charge is -2.06. The van der Waals surface area contributed by atoms with Crippen LogP contribution < -0.4 is 0 Å². The molecule has 2 nitrogen and oxygen atoms in total. The lowest BCUT2D eigenvalue weighted by atomic mass is 10.1. The van der Waals surface area contributed by atoms with Gasteiger partial charge < -0.3 is 5.11 Å². The molecule has 0 aromatic carbocycles. The Hall–Kier alpha value is -0.960. The molecule has 1 rings (SSSR count). The van der Waals surface area contributed by atoms with Gasteiger partial charge in [0.25, 0.3) is 0 Å². The maximum Gasteiger partial charge on any atom is 0.145 e. The normalized spacial score (nSPS) is 13.0. The van der Waals surface area contributed by atoms with Crippen LogP contribution in [-0.2, 0) is 0 Å². The molecule has 0 saturated heterocycles. The molecule has 0 aliphatic carbocycles. The van der Waals surface area contributed by atoms with Gasteiger partial charge in [0.1, 0.15) is 5.82 Å². The third kappa shape index (κ3) is 1.74. The molecule has 0 aliphatic heterocycles. The van der Waals surface area contributed by atoms with Gasteiger partial charge in [0.2, 0.25) is 0 Å². The highest BCUT2D eigenvalue weighted by atomic mass is 19.1. The molecule has 0 spiro atoms. The molecule has 11 heavy (non-hydrogen) atoms. The van der Waals surface area contributed by atoms with Crippen LogP contribution in [0.2, 0.25) is 0 Å². The largest absolute Gasteiger partial charge is 0.396 e. The van der Waals surface area contributed by atoms with Crippen molar-refractivity contribution in [2.45, 2.75) is 12.8 Å². The summed E-state index contributed by atoms with van der Waals surface area (Å²) in [4.78, 5) is 3.81. The van der Waals surface area contributed by atoms with E-state index in [0.717, 1.165) is 0 Å². The molecule has 1 aromatic rings. The third-order valence-electron chi connectivity index (χ3n) is 1.53. The summed E-state index contributed by atoms with van der Waals surface area (Å²) in [6.07, 6.45) is 1.52. The maximum absolute atomic E-state index is 12.9. The molecule has 0 bridgehead atoms. The van der Waals surface area contributed by atoms with Crippen LogP contribution in [0.5, 0.6) is 0 Å². The van der Waals surface area contributed by atoms with Crippen LogP contribution in [0.3, 0.4) is 0 Å². The van der Waals surface area contributed by atoms with Crippen LogP contribution in [0.25, 0.3) is 0 Å². The molecule has 0 unspecified atom stereocenters. The van der Waals surface area contributed by atoms with Gasteiger partial charge in [0.05, 0.1) is 12.3 Å². The zero-order chi connectivity index (χ0) is 8.27. The van der Waals surface area contributed by atoms with E-state index >= 15 is 0 Å². The highest BCUT2D eigenvalue weighted by molar-refractivity contribution is 5.11. The van der Waals surface area contributed by atoms with E-state index in [-0.39, 0.29) is 18.3 Å². The average molecular weight is 155 g/mol. The zero-order valence-corrected chi connectivity index (χ0v) is 6.29. The van der Waals surface area contributed by atoms with Gasteiger partial charge in [-0.15, -0.1) is 0 Å². The van der Waals surface area contributed by atoms with Crippen LogP contribution in [-0.4, -0.2) is 16.7 Å². The average Bonchev–Trinajstić information content (AvgIpc) is 2.04. The Labute approximate surface area is 64.7 Å². The Morgan fingerprint density at radius 1 is 1.73 bits per heavy atom. The van der Waals surface area contributed by atoms with E-state index in [1.54, 1.807) is 6.92 Å². The smallest absolute Gasteiger partial charge is 0.145 e. The van der Waals surface area contributed by atoms with Crippen LogP contribution in [0, 0.1) is 5.82 Å². The maximum atomic E-state index is 12.9. The van der Waals surface area contributed by atoms with Crippen molar-refractivity contribution in [1.82, 2.24) is 4.98 Å². The van der Waals surface area contributed by atoms with Crippen molar-refractivity contribution in [1.29, 1.82) is 0 Å². The summed E-state index contributed by atoms with van der Waals surface area (Å²) in [5, 5.41) is 8.71. The Balaban J connectivity index is 2.93. The van der Waals surface area contributed by atoms with Gasteiger partial charge in [-0.1, -0.05) is 6.92 Å². The molecule has 1 heterocycles. The summed E-state index contributed by atoms with van der Waals surface area (Å²) in [6.45, 7) is 1.65. The predicted molar refractivity (Wildman–Crippen MR) is 39.7 cm³/mol. The third-order valence-corrected chi connectivity index (χ3v) is 1.53. The fraction of sp³-hybridized carbons (Fsp3) is 0.375. The van der Waals surface area contributed by atoms with Crippen LogP contribution >= 0.6 is 0 Å². The van der Waals surface area contributed by atoms with Gasteiger partial charge in [-0.2, -0.15) is 0 Å². The Kier molecular flexibility index (Phi) is 2.54. The van der Waals surface area contributed by atoms with Crippen LogP contribution in [0.15, 0.2) is 18.3 Å². The summed E-state index contributed by atoms with van der Waals surface area (Å²) >= 11 is 0. The van der Waals surface area contributed by atoms with Crippen molar-refractivity contribution in [3.05, 3.63) is 29.8 Å². The lowest BCUT2D eigenvalue weighted by molar-refractivity contribution is 0.268. The van der Waals surface area contributed by atoms with Gasteiger partial charge in [-0.3, -0.25) is 4.98 Å². The molecular weight excluding hydrogens is 145 g/mol. The van der Waals surface area contributed by atoms with Gasteiger partial charge in [0.15, 0.2) is 0 Å². The minimum atomic E-state index is -0.353. The minimum absolute atomic E-state index is 0.0755. The number of nitrogens with zero attached hydrogens (tertiary/aromatic N) is 1. The lowest BCUT2D eigenvalue weighted by Crippen LogP contribution is -2.04. The number of rotatable bonds is 2. The molecule has 3 heteroatoms. The molecule has 1 N–H and O–H groups in total. The summed E-state index contributed by atoms with van der Waals surface area (Å²) < 4.78 is 12.9. The molecule has 1 atom stereocenters. The number of halogens is 1. The quantitative estimate of drug-likeness (QED) is 0.698. The number of hydrogen-bond donors (Lipinski definition) is 1. The molecule has 60 valence electrons.